The highest BCUT2D eigenvalue weighted by Gasteiger charge is 2.17. The van der Waals surface area contributed by atoms with Crippen molar-refractivity contribution in [3.63, 3.8) is 0 Å². The molecule has 5 heteroatoms. The maximum atomic E-state index is 12.3. The second-order valence-electron chi connectivity index (χ2n) is 6.21. The van der Waals surface area contributed by atoms with Crippen LogP contribution in [0.25, 0.3) is 11.3 Å². The van der Waals surface area contributed by atoms with E-state index in [1.807, 2.05) is 44.2 Å². The van der Waals surface area contributed by atoms with Crippen LogP contribution in [-0.4, -0.2) is 34.4 Å². The predicted molar refractivity (Wildman–Crippen MR) is 86.5 cm³/mol. The Morgan fingerprint density at radius 2 is 2.05 bits per heavy atom. The first-order chi connectivity index (χ1) is 10.5. The van der Waals surface area contributed by atoms with Crippen LogP contribution in [0.15, 0.2) is 36.5 Å². The van der Waals surface area contributed by atoms with Gasteiger partial charge in [-0.15, -0.1) is 0 Å². The van der Waals surface area contributed by atoms with Crippen LogP contribution in [0, 0.1) is 5.41 Å². The molecule has 1 aromatic carbocycles. The van der Waals surface area contributed by atoms with Gasteiger partial charge in [0.1, 0.15) is 0 Å². The second-order valence-corrected chi connectivity index (χ2v) is 6.21. The molecule has 2 aromatic rings. The molecular formula is C17H23N3O2. The van der Waals surface area contributed by atoms with Crippen LogP contribution >= 0.6 is 0 Å². The average molecular weight is 301 g/mol. The van der Waals surface area contributed by atoms with E-state index < -0.39 is 0 Å². The third-order valence-electron chi connectivity index (χ3n) is 3.69. The number of hydrogen-bond acceptors (Lipinski definition) is 3. The fourth-order valence-electron chi connectivity index (χ4n) is 2.23. The molecule has 5 nitrogen and oxygen atoms in total. The summed E-state index contributed by atoms with van der Waals surface area (Å²) in [6.45, 7) is 4.76. The van der Waals surface area contributed by atoms with Crippen LogP contribution in [0.3, 0.4) is 0 Å². The van der Waals surface area contributed by atoms with Gasteiger partial charge in [0, 0.05) is 18.7 Å². The van der Waals surface area contributed by atoms with E-state index in [9.17, 15) is 9.90 Å². The van der Waals surface area contributed by atoms with Crippen LogP contribution in [0.1, 0.15) is 37.0 Å². The zero-order valence-electron chi connectivity index (χ0n) is 13.1. The third kappa shape index (κ3) is 4.18. The van der Waals surface area contributed by atoms with Gasteiger partial charge in [0.2, 0.25) is 0 Å². The summed E-state index contributed by atoms with van der Waals surface area (Å²) in [6.07, 6.45) is 3.24. The molecule has 0 aliphatic heterocycles. The Kier molecular flexibility index (Phi) is 5.33. The maximum Gasteiger partial charge on any atom is 0.255 e. The van der Waals surface area contributed by atoms with E-state index in [0.717, 1.165) is 24.1 Å². The molecule has 0 saturated carbocycles. The van der Waals surface area contributed by atoms with Crippen molar-refractivity contribution in [2.75, 3.05) is 13.2 Å². The molecular weight excluding hydrogens is 278 g/mol. The number of aromatic amines is 1. The molecule has 0 fully saturated rings. The summed E-state index contributed by atoms with van der Waals surface area (Å²) in [5.74, 6) is -0.130. The highest BCUT2D eigenvalue weighted by Crippen LogP contribution is 2.22. The average Bonchev–Trinajstić information content (AvgIpc) is 3.02. The van der Waals surface area contributed by atoms with E-state index in [4.69, 9.17) is 0 Å². The molecule has 0 unspecified atom stereocenters. The summed E-state index contributed by atoms with van der Waals surface area (Å²) in [5.41, 5.74) is 2.11. The summed E-state index contributed by atoms with van der Waals surface area (Å²) >= 11 is 0. The normalized spacial score (nSPS) is 11.4. The van der Waals surface area contributed by atoms with E-state index in [1.54, 1.807) is 6.20 Å². The van der Waals surface area contributed by atoms with E-state index in [-0.39, 0.29) is 17.9 Å². The number of carbonyl (C=O) groups is 1. The minimum Gasteiger partial charge on any atom is -0.396 e. The van der Waals surface area contributed by atoms with Gasteiger partial charge in [-0.25, -0.2) is 0 Å². The molecule has 0 radical (unpaired) electrons. The first-order valence-corrected chi connectivity index (χ1v) is 7.51. The lowest BCUT2D eigenvalue weighted by Gasteiger charge is -2.21. The number of hydrogen-bond donors (Lipinski definition) is 3. The van der Waals surface area contributed by atoms with Gasteiger partial charge in [-0.2, -0.15) is 5.10 Å². The van der Waals surface area contributed by atoms with E-state index >= 15 is 0 Å². The second kappa shape index (κ2) is 7.22. The monoisotopic (exact) mass is 301 g/mol. The molecule has 0 spiro atoms. The molecule has 1 amide bonds. The zero-order chi connectivity index (χ0) is 16.0. The van der Waals surface area contributed by atoms with Crippen molar-refractivity contribution in [3.8, 4) is 11.3 Å². The number of benzene rings is 1. The first-order valence-electron chi connectivity index (χ1n) is 7.51. The number of nitrogens with zero attached hydrogens (tertiary/aromatic N) is 1. The van der Waals surface area contributed by atoms with Gasteiger partial charge >= 0.3 is 0 Å². The van der Waals surface area contributed by atoms with Crippen molar-refractivity contribution in [1.82, 2.24) is 15.5 Å². The number of nitrogens with one attached hydrogen (secondary N) is 2. The summed E-state index contributed by atoms with van der Waals surface area (Å²) in [4.78, 5) is 12.3. The molecule has 0 saturated heterocycles. The molecule has 0 bridgehead atoms. The Bertz CT molecular complexity index is 605. The van der Waals surface area contributed by atoms with Crippen LogP contribution in [-0.2, 0) is 0 Å². The molecule has 2 rings (SSSR count). The quantitative estimate of drug-likeness (QED) is 0.688. The van der Waals surface area contributed by atoms with Crippen molar-refractivity contribution < 1.29 is 9.90 Å². The Morgan fingerprint density at radius 1 is 1.32 bits per heavy atom. The highest BCUT2D eigenvalue weighted by molar-refractivity contribution is 5.99. The lowest BCUT2D eigenvalue weighted by Crippen LogP contribution is -2.26. The van der Waals surface area contributed by atoms with E-state index in [1.165, 1.54) is 0 Å². The number of aliphatic hydroxyl groups excluding tert-OH is 1. The smallest absolute Gasteiger partial charge is 0.255 e. The Morgan fingerprint density at radius 3 is 2.73 bits per heavy atom. The zero-order valence-corrected chi connectivity index (χ0v) is 13.1. The first kappa shape index (κ1) is 16.2. The topological polar surface area (TPSA) is 78.0 Å². The third-order valence-corrected chi connectivity index (χ3v) is 3.69. The number of aromatic nitrogens is 2. The molecule has 0 atom stereocenters. The van der Waals surface area contributed by atoms with Crippen molar-refractivity contribution in [1.29, 1.82) is 0 Å². The van der Waals surface area contributed by atoms with Crippen LogP contribution in [0.4, 0.5) is 0 Å². The Balaban J connectivity index is 1.93. The molecule has 1 heterocycles. The molecule has 1 aromatic heterocycles. The van der Waals surface area contributed by atoms with E-state index in [2.05, 4.69) is 15.5 Å². The molecule has 0 aliphatic carbocycles. The molecule has 118 valence electrons. The van der Waals surface area contributed by atoms with Crippen molar-refractivity contribution >= 4 is 5.91 Å². The van der Waals surface area contributed by atoms with Gasteiger partial charge in [0.05, 0.1) is 17.5 Å². The van der Waals surface area contributed by atoms with E-state index in [0.29, 0.717) is 12.1 Å². The lowest BCUT2D eigenvalue weighted by atomic mass is 9.89. The number of carbonyl (C=O) groups excluding carboxylic acids is 1. The van der Waals surface area contributed by atoms with Crippen molar-refractivity contribution in [3.05, 3.63) is 42.1 Å². The van der Waals surface area contributed by atoms with Gasteiger partial charge in [-0.1, -0.05) is 44.2 Å². The standard InChI is InChI=1S/C17H23N3O2/c1-17(2,12-21)9-6-10-18-16(22)14-11-19-20-15(14)13-7-4-3-5-8-13/h3-5,7-8,11,21H,6,9-10,12H2,1-2H3,(H,18,22)(H,19,20). The largest absolute Gasteiger partial charge is 0.396 e. The molecule has 22 heavy (non-hydrogen) atoms. The Labute approximate surface area is 130 Å². The Hall–Kier alpha value is -2.14. The van der Waals surface area contributed by atoms with Gasteiger partial charge in [0.25, 0.3) is 5.91 Å². The fraction of sp³-hybridized carbons (Fsp3) is 0.412. The number of H-pyrrole nitrogens is 1. The minimum atomic E-state index is -0.130. The van der Waals surface area contributed by atoms with Crippen molar-refractivity contribution in [2.24, 2.45) is 5.41 Å². The molecule has 0 aliphatic rings. The fourth-order valence-corrected chi connectivity index (χ4v) is 2.23. The predicted octanol–water partition coefficient (Wildman–Crippen LogP) is 2.61. The van der Waals surface area contributed by atoms with Crippen molar-refractivity contribution in [2.45, 2.75) is 26.7 Å². The van der Waals surface area contributed by atoms with Crippen LogP contribution < -0.4 is 5.32 Å². The number of amides is 1. The number of rotatable bonds is 7. The SMILES string of the molecule is CC(C)(CO)CCCNC(=O)c1cn[nH]c1-c1ccccc1. The summed E-state index contributed by atoms with van der Waals surface area (Å²) < 4.78 is 0. The summed E-state index contributed by atoms with van der Waals surface area (Å²) in [5, 5.41) is 19.0. The summed E-state index contributed by atoms with van der Waals surface area (Å²) in [7, 11) is 0. The van der Waals surface area contributed by atoms with Gasteiger partial charge in [-0.05, 0) is 18.3 Å². The van der Waals surface area contributed by atoms with Crippen LogP contribution in [0.5, 0.6) is 0 Å². The van der Waals surface area contributed by atoms with Gasteiger partial charge in [-0.3, -0.25) is 9.89 Å². The lowest BCUT2D eigenvalue weighted by molar-refractivity contribution is 0.0949. The van der Waals surface area contributed by atoms with Crippen LogP contribution in [0.2, 0.25) is 0 Å². The molecule has 3 N–H and O–H groups in total. The maximum absolute atomic E-state index is 12.3. The number of aliphatic hydroxyl groups is 1. The van der Waals surface area contributed by atoms with Gasteiger partial charge < -0.3 is 10.4 Å². The minimum absolute atomic E-state index is 0.102. The van der Waals surface area contributed by atoms with Gasteiger partial charge in [0.15, 0.2) is 0 Å². The highest BCUT2D eigenvalue weighted by atomic mass is 16.3. The summed E-state index contributed by atoms with van der Waals surface area (Å²) in [6, 6.07) is 9.66.